The number of nitrogens with zero attached hydrogens (tertiary/aromatic N) is 2. The zero-order chi connectivity index (χ0) is 10.7. The monoisotopic (exact) mass is 278 g/mol. The Balaban J connectivity index is 3.12. The molecule has 0 fully saturated rings. The van der Waals surface area contributed by atoms with Gasteiger partial charge in [-0.25, -0.2) is 4.98 Å². The van der Waals surface area contributed by atoms with E-state index in [0.717, 1.165) is 0 Å². The summed E-state index contributed by atoms with van der Waals surface area (Å²) >= 11 is 1.84. The SMILES string of the molecule is CC(=N[S+](C)[O-])c1cc(Br)cnc1F. The summed E-state index contributed by atoms with van der Waals surface area (Å²) in [5.74, 6) is -0.611. The molecule has 0 aromatic carbocycles. The van der Waals surface area contributed by atoms with Crippen molar-refractivity contribution in [3.63, 3.8) is 0 Å². The van der Waals surface area contributed by atoms with E-state index < -0.39 is 17.3 Å². The molecule has 0 bridgehead atoms. The maximum atomic E-state index is 13.2. The summed E-state index contributed by atoms with van der Waals surface area (Å²) in [6.45, 7) is 1.59. The molecule has 1 aromatic rings. The molecule has 0 saturated heterocycles. The highest BCUT2D eigenvalue weighted by Crippen LogP contribution is 2.14. The van der Waals surface area contributed by atoms with Crippen LogP contribution in [0, 0.1) is 5.95 Å². The molecule has 0 amide bonds. The first kappa shape index (κ1) is 11.6. The van der Waals surface area contributed by atoms with Crippen molar-refractivity contribution in [1.82, 2.24) is 4.98 Å². The molecule has 1 aromatic heterocycles. The lowest BCUT2D eigenvalue weighted by atomic mass is 10.2. The van der Waals surface area contributed by atoms with Gasteiger partial charge in [0.2, 0.25) is 5.95 Å². The van der Waals surface area contributed by atoms with Gasteiger partial charge in [0, 0.05) is 10.7 Å². The molecule has 0 aliphatic carbocycles. The van der Waals surface area contributed by atoms with Crippen LogP contribution in [0.3, 0.4) is 0 Å². The van der Waals surface area contributed by atoms with Crippen molar-refractivity contribution in [2.24, 2.45) is 4.40 Å². The zero-order valence-corrected chi connectivity index (χ0v) is 10.0. The van der Waals surface area contributed by atoms with E-state index >= 15 is 0 Å². The van der Waals surface area contributed by atoms with Gasteiger partial charge in [-0.1, -0.05) is 4.40 Å². The van der Waals surface area contributed by atoms with E-state index in [1.54, 1.807) is 13.0 Å². The molecular formula is C8H8BrFN2OS. The fourth-order valence-electron chi connectivity index (χ4n) is 0.918. The van der Waals surface area contributed by atoms with Crippen LogP contribution in [0.4, 0.5) is 4.39 Å². The van der Waals surface area contributed by atoms with Crippen molar-refractivity contribution in [3.05, 3.63) is 28.2 Å². The largest absolute Gasteiger partial charge is 0.591 e. The minimum atomic E-state index is -1.33. The predicted octanol–water partition coefficient (Wildman–Crippen LogP) is 2.09. The molecule has 3 nitrogen and oxygen atoms in total. The molecule has 0 aliphatic rings. The summed E-state index contributed by atoms with van der Waals surface area (Å²) in [5.41, 5.74) is 0.631. The molecular weight excluding hydrogens is 271 g/mol. The third-order valence-corrected chi connectivity index (χ3v) is 2.43. The maximum absolute atomic E-state index is 13.2. The minimum absolute atomic E-state index is 0.259. The minimum Gasteiger partial charge on any atom is -0.591 e. The van der Waals surface area contributed by atoms with Gasteiger partial charge in [-0.05, 0) is 28.9 Å². The van der Waals surface area contributed by atoms with Gasteiger partial charge in [0.05, 0.1) is 16.9 Å². The number of pyridine rings is 1. The van der Waals surface area contributed by atoms with Crippen molar-refractivity contribution in [2.75, 3.05) is 6.26 Å². The average Bonchev–Trinajstić information content (AvgIpc) is 2.08. The van der Waals surface area contributed by atoms with Crippen LogP contribution in [-0.4, -0.2) is 21.5 Å². The van der Waals surface area contributed by atoms with Crippen LogP contribution in [0.15, 0.2) is 21.1 Å². The van der Waals surface area contributed by atoms with E-state index in [1.165, 1.54) is 12.5 Å². The summed E-state index contributed by atoms with van der Waals surface area (Å²) in [6, 6.07) is 1.55. The molecule has 0 spiro atoms. The molecule has 0 aliphatic heterocycles. The third kappa shape index (κ3) is 3.04. The third-order valence-electron chi connectivity index (χ3n) is 1.46. The lowest BCUT2D eigenvalue weighted by molar-refractivity contribution is 0.580. The molecule has 1 atom stereocenters. The Morgan fingerprint density at radius 3 is 2.93 bits per heavy atom. The van der Waals surface area contributed by atoms with Gasteiger partial charge in [0.25, 0.3) is 0 Å². The first-order chi connectivity index (χ1) is 6.50. The highest BCUT2D eigenvalue weighted by molar-refractivity contribution is 9.10. The summed E-state index contributed by atoms with van der Waals surface area (Å²) in [4.78, 5) is 3.51. The molecule has 0 N–H and O–H groups in total. The topological polar surface area (TPSA) is 48.3 Å². The number of hydrogen-bond acceptors (Lipinski definition) is 3. The Morgan fingerprint density at radius 1 is 1.71 bits per heavy atom. The van der Waals surface area contributed by atoms with E-state index in [9.17, 15) is 8.94 Å². The normalized spacial score (nSPS) is 14.2. The first-order valence-electron chi connectivity index (χ1n) is 3.71. The molecule has 1 rings (SSSR count). The Morgan fingerprint density at radius 2 is 2.36 bits per heavy atom. The first-order valence-corrected chi connectivity index (χ1v) is 6.01. The molecule has 76 valence electrons. The molecule has 1 unspecified atom stereocenters. The van der Waals surface area contributed by atoms with Gasteiger partial charge in [0.1, 0.15) is 12.0 Å². The Bertz CT molecular complexity index is 370. The van der Waals surface area contributed by atoms with Gasteiger partial charge in [-0.15, -0.1) is 0 Å². The van der Waals surface area contributed by atoms with Crippen molar-refractivity contribution in [3.8, 4) is 0 Å². The van der Waals surface area contributed by atoms with E-state index in [4.69, 9.17) is 0 Å². The predicted molar refractivity (Wildman–Crippen MR) is 58.2 cm³/mol. The zero-order valence-electron chi connectivity index (χ0n) is 7.62. The Hall–Kier alpha value is -0.460. The van der Waals surface area contributed by atoms with E-state index in [-0.39, 0.29) is 5.56 Å². The van der Waals surface area contributed by atoms with E-state index in [1.807, 2.05) is 0 Å². The number of hydrogen-bond donors (Lipinski definition) is 0. The van der Waals surface area contributed by atoms with Gasteiger partial charge >= 0.3 is 0 Å². The van der Waals surface area contributed by atoms with Crippen LogP contribution < -0.4 is 0 Å². The van der Waals surface area contributed by atoms with Crippen molar-refractivity contribution < 1.29 is 8.94 Å². The van der Waals surface area contributed by atoms with Gasteiger partial charge in [-0.3, -0.25) is 0 Å². The van der Waals surface area contributed by atoms with Crippen molar-refractivity contribution in [2.45, 2.75) is 6.92 Å². The summed E-state index contributed by atoms with van der Waals surface area (Å²) in [7, 11) is 0. The van der Waals surface area contributed by atoms with Gasteiger partial charge < -0.3 is 4.55 Å². The van der Waals surface area contributed by atoms with Crippen LogP contribution in [-0.2, 0) is 11.4 Å². The quantitative estimate of drug-likeness (QED) is 0.473. The standard InChI is InChI=1S/C8H8BrFN2OS/c1-5(12-14(2)13)7-3-6(9)4-11-8(7)10/h3-4H,1-2H3. The Kier molecular flexibility index (Phi) is 4.03. The molecule has 14 heavy (non-hydrogen) atoms. The highest BCUT2D eigenvalue weighted by atomic mass is 79.9. The summed E-state index contributed by atoms with van der Waals surface area (Å²) in [6.07, 6.45) is 2.78. The van der Waals surface area contributed by atoms with Crippen LogP contribution in [0.2, 0.25) is 0 Å². The second-order valence-electron chi connectivity index (χ2n) is 2.59. The van der Waals surface area contributed by atoms with Crippen LogP contribution in [0.5, 0.6) is 0 Å². The van der Waals surface area contributed by atoms with Crippen LogP contribution in [0.25, 0.3) is 0 Å². The molecule has 0 radical (unpaired) electrons. The van der Waals surface area contributed by atoms with Crippen molar-refractivity contribution >= 4 is 33.0 Å². The smallest absolute Gasteiger partial charge is 0.222 e. The average molecular weight is 279 g/mol. The second kappa shape index (κ2) is 4.86. The lowest BCUT2D eigenvalue weighted by Crippen LogP contribution is -2.04. The Labute approximate surface area is 92.9 Å². The number of aromatic nitrogens is 1. The fraction of sp³-hybridized carbons (Fsp3) is 0.250. The summed E-state index contributed by atoms with van der Waals surface area (Å²) in [5, 5.41) is 0. The van der Waals surface area contributed by atoms with E-state index in [0.29, 0.717) is 10.2 Å². The lowest BCUT2D eigenvalue weighted by Gasteiger charge is -2.02. The molecule has 1 heterocycles. The van der Waals surface area contributed by atoms with Crippen LogP contribution in [0.1, 0.15) is 12.5 Å². The fourth-order valence-corrected chi connectivity index (χ4v) is 1.73. The van der Waals surface area contributed by atoms with Gasteiger partial charge in [0.15, 0.2) is 0 Å². The highest BCUT2D eigenvalue weighted by Gasteiger charge is 2.09. The number of halogens is 2. The van der Waals surface area contributed by atoms with Crippen molar-refractivity contribution in [1.29, 1.82) is 0 Å². The van der Waals surface area contributed by atoms with E-state index in [2.05, 4.69) is 25.3 Å². The van der Waals surface area contributed by atoms with Crippen LogP contribution >= 0.6 is 15.9 Å². The summed E-state index contributed by atoms with van der Waals surface area (Å²) < 4.78 is 28.3. The second-order valence-corrected chi connectivity index (χ2v) is 4.54. The number of rotatable bonds is 2. The molecule has 0 saturated carbocycles. The maximum Gasteiger partial charge on any atom is 0.222 e. The molecule has 6 heteroatoms. The van der Waals surface area contributed by atoms with Gasteiger partial charge in [-0.2, -0.15) is 4.39 Å².